The fraction of sp³-hybridized carbons (Fsp3) is 0.261. The van der Waals surface area contributed by atoms with Crippen LogP contribution < -0.4 is 20.3 Å². The predicted octanol–water partition coefficient (Wildman–Crippen LogP) is 2.97. The van der Waals surface area contributed by atoms with E-state index in [9.17, 15) is 9.59 Å². The van der Waals surface area contributed by atoms with Gasteiger partial charge in [0.15, 0.2) is 0 Å². The molecule has 2 amide bonds. The second-order valence-electron chi connectivity index (χ2n) is 7.30. The Bertz CT molecular complexity index is 1140. The number of fused-ring (bicyclic) bond motifs is 1. The monoisotopic (exact) mass is 420 g/mol. The summed E-state index contributed by atoms with van der Waals surface area (Å²) in [6, 6.07) is 14.5. The summed E-state index contributed by atoms with van der Waals surface area (Å²) in [5, 5.41) is 2.85. The lowest BCUT2D eigenvalue weighted by Crippen LogP contribution is -2.42. The van der Waals surface area contributed by atoms with Gasteiger partial charge in [0.1, 0.15) is 17.3 Å². The molecule has 2 aromatic carbocycles. The maximum absolute atomic E-state index is 12.7. The van der Waals surface area contributed by atoms with E-state index >= 15 is 0 Å². The Hall–Kier alpha value is -3.81. The average Bonchev–Trinajstić information content (AvgIpc) is 2.79. The molecule has 1 aliphatic rings. The van der Waals surface area contributed by atoms with Crippen molar-refractivity contribution in [3.63, 3.8) is 0 Å². The summed E-state index contributed by atoms with van der Waals surface area (Å²) < 4.78 is 10.4. The average molecular weight is 420 g/mol. The highest BCUT2D eigenvalue weighted by atomic mass is 16.5. The molecule has 0 spiro atoms. The van der Waals surface area contributed by atoms with E-state index in [4.69, 9.17) is 9.47 Å². The Morgan fingerprint density at radius 2 is 1.90 bits per heavy atom. The molecule has 8 nitrogen and oxygen atoms in total. The highest BCUT2D eigenvalue weighted by Gasteiger charge is 2.24. The van der Waals surface area contributed by atoms with Gasteiger partial charge in [0.2, 0.25) is 0 Å². The van der Waals surface area contributed by atoms with Crippen molar-refractivity contribution in [3.05, 3.63) is 81.5 Å². The summed E-state index contributed by atoms with van der Waals surface area (Å²) in [4.78, 5) is 34.5. The molecule has 160 valence electrons. The second kappa shape index (κ2) is 8.91. The van der Waals surface area contributed by atoms with E-state index in [1.54, 1.807) is 37.3 Å². The van der Waals surface area contributed by atoms with Gasteiger partial charge >= 0.3 is 6.03 Å². The first-order valence-corrected chi connectivity index (χ1v) is 9.99. The van der Waals surface area contributed by atoms with Gasteiger partial charge in [0.25, 0.3) is 5.56 Å². The number of amides is 2. The van der Waals surface area contributed by atoms with Crippen molar-refractivity contribution in [2.45, 2.75) is 19.4 Å². The number of carbonyl (C=O) groups excluding carboxylic acids is 1. The highest BCUT2D eigenvalue weighted by Crippen LogP contribution is 2.20. The minimum atomic E-state index is -0.263. The number of hydrogen-bond donors (Lipinski definition) is 2. The van der Waals surface area contributed by atoms with Crippen LogP contribution in [-0.2, 0) is 19.4 Å². The van der Waals surface area contributed by atoms with E-state index in [2.05, 4.69) is 15.3 Å². The van der Waals surface area contributed by atoms with Crippen LogP contribution in [0.15, 0.2) is 53.3 Å². The van der Waals surface area contributed by atoms with Crippen molar-refractivity contribution in [2.75, 3.05) is 26.1 Å². The number of carbonyl (C=O) groups is 1. The van der Waals surface area contributed by atoms with Crippen molar-refractivity contribution in [1.82, 2.24) is 14.9 Å². The van der Waals surface area contributed by atoms with Gasteiger partial charge in [-0.3, -0.25) is 4.79 Å². The molecule has 4 rings (SSSR count). The summed E-state index contributed by atoms with van der Waals surface area (Å²) in [7, 11) is 3.20. The molecule has 0 radical (unpaired) electrons. The first kappa shape index (κ1) is 20.5. The summed E-state index contributed by atoms with van der Waals surface area (Å²) in [5.41, 5.74) is 2.74. The van der Waals surface area contributed by atoms with Crippen LogP contribution in [0.4, 0.5) is 10.5 Å². The first-order chi connectivity index (χ1) is 15.1. The zero-order valence-electron chi connectivity index (χ0n) is 17.5. The predicted molar refractivity (Wildman–Crippen MR) is 117 cm³/mol. The maximum Gasteiger partial charge on any atom is 0.322 e. The minimum absolute atomic E-state index is 0.201. The van der Waals surface area contributed by atoms with E-state index < -0.39 is 0 Å². The first-order valence-electron chi connectivity index (χ1n) is 9.99. The van der Waals surface area contributed by atoms with Crippen LogP contribution in [0.3, 0.4) is 0 Å². The fourth-order valence-corrected chi connectivity index (χ4v) is 3.57. The van der Waals surface area contributed by atoms with Crippen LogP contribution in [-0.4, -0.2) is 41.7 Å². The van der Waals surface area contributed by atoms with E-state index in [1.165, 1.54) is 0 Å². The molecule has 1 aliphatic heterocycles. The third-order valence-corrected chi connectivity index (χ3v) is 5.26. The number of methoxy groups -OCH3 is 2. The molecule has 3 aromatic rings. The molecular formula is C23H24N4O4. The number of H-pyrrole nitrogens is 1. The Morgan fingerprint density at radius 1 is 1.13 bits per heavy atom. The lowest BCUT2D eigenvalue weighted by molar-refractivity contribution is 0.205. The Morgan fingerprint density at radius 3 is 2.65 bits per heavy atom. The molecule has 0 unspecified atom stereocenters. The fourth-order valence-electron chi connectivity index (χ4n) is 3.57. The van der Waals surface area contributed by atoms with Crippen molar-refractivity contribution in [1.29, 1.82) is 0 Å². The normalized spacial score (nSPS) is 12.8. The zero-order chi connectivity index (χ0) is 21.8. The minimum Gasteiger partial charge on any atom is -0.497 e. The molecular weight excluding hydrogens is 396 g/mol. The molecule has 0 aliphatic carbocycles. The summed E-state index contributed by atoms with van der Waals surface area (Å²) in [6.45, 7) is 0.706. The molecule has 8 heteroatoms. The number of benzene rings is 2. The molecule has 0 atom stereocenters. The van der Waals surface area contributed by atoms with E-state index in [-0.39, 0.29) is 18.1 Å². The standard InChI is InChI=1S/C23H24N4O4/c1-30-17-8-6-15(7-9-17)12-21-25-20-10-11-27(14-19(20)22(28)26-21)23(29)24-16-4-3-5-18(13-16)31-2/h3-9,13H,10-12,14H2,1-2H3,(H,24,29)(H,25,26,28). The van der Waals surface area contributed by atoms with Crippen LogP contribution in [0, 0.1) is 0 Å². The van der Waals surface area contributed by atoms with Gasteiger partial charge in [0, 0.05) is 31.1 Å². The third kappa shape index (κ3) is 4.69. The zero-order valence-corrected chi connectivity index (χ0v) is 17.5. The number of nitrogens with zero attached hydrogens (tertiary/aromatic N) is 2. The van der Waals surface area contributed by atoms with E-state index in [1.807, 2.05) is 30.3 Å². The molecule has 0 saturated heterocycles. The molecule has 31 heavy (non-hydrogen) atoms. The quantitative estimate of drug-likeness (QED) is 0.662. The third-order valence-electron chi connectivity index (χ3n) is 5.26. The van der Waals surface area contributed by atoms with Crippen LogP contribution >= 0.6 is 0 Å². The van der Waals surface area contributed by atoms with Crippen molar-refractivity contribution in [3.8, 4) is 11.5 Å². The van der Waals surface area contributed by atoms with Gasteiger partial charge in [0.05, 0.1) is 32.0 Å². The molecule has 2 N–H and O–H groups in total. The summed E-state index contributed by atoms with van der Waals surface area (Å²) in [5.74, 6) is 2.05. The number of aromatic amines is 1. The molecule has 0 saturated carbocycles. The van der Waals surface area contributed by atoms with Gasteiger partial charge < -0.3 is 24.7 Å². The molecule has 2 heterocycles. The van der Waals surface area contributed by atoms with Gasteiger partial charge in [-0.15, -0.1) is 0 Å². The number of aromatic nitrogens is 2. The number of anilines is 1. The van der Waals surface area contributed by atoms with Crippen LogP contribution in [0.5, 0.6) is 11.5 Å². The van der Waals surface area contributed by atoms with Gasteiger partial charge in [-0.25, -0.2) is 9.78 Å². The summed E-state index contributed by atoms with van der Waals surface area (Å²) >= 11 is 0. The van der Waals surface area contributed by atoms with Gasteiger partial charge in [-0.05, 0) is 29.8 Å². The van der Waals surface area contributed by atoms with Crippen molar-refractivity contribution >= 4 is 11.7 Å². The number of urea groups is 1. The van der Waals surface area contributed by atoms with Crippen LogP contribution in [0.25, 0.3) is 0 Å². The number of nitrogens with one attached hydrogen (secondary N) is 2. The van der Waals surface area contributed by atoms with Crippen molar-refractivity contribution in [2.24, 2.45) is 0 Å². The maximum atomic E-state index is 12.7. The summed E-state index contributed by atoms with van der Waals surface area (Å²) in [6.07, 6.45) is 1.05. The smallest absolute Gasteiger partial charge is 0.322 e. The van der Waals surface area contributed by atoms with Gasteiger partial charge in [-0.1, -0.05) is 18.2 Å². The van der Waals surface area contributed by atoms with Crippen LogP contribution in [0.2, 0.25) is 0 Å². The highest BCUT2D eigenvalue weighted by molar-refractivity contribution is 5.89. The molecule has 0 fully saturated rings. The van der Waals surface area contributed by atoms with Crippen molar-refractivity contribution < 1.29 is 14.3 Å². The van der Waals surface area contributed by atoms with Gasteiger partial charge in [-0.2, -0.15) is 0 Å². The number of ether oxygens (including phenoxy) is 2. The SMILES string of the molecule is COc1ccc(Cc2nc3c(c(=O)[nH]2)CN(C(=O)Nc2cccc(OC)c2)CC3)cc1. The van der Waals surface area contributed by atoms with Crippen LogP contribution in [0.1, 0.15) is 22.6 Å². The molecule has 0 bridgehead atoms. The Balaban J connectivity index is 1.46. The Kier molecular flexibility index (Phi) is 5.88. The largest absolute Gasteiger partial charge is 0.497 e. The lowest BCUT2D eigenvalue weighted by atomic mass is 10.1. The molecule has 1 aromatic heterocycles. The van der Waals surface area contributed by atoms with E-state index in [0.29, 0.717) is 42.2 Å². The number of hydrogen-bond acceptors (Lipinski definition) is 5. The Labute approximate surface area is 179 Å². The lowest BCUT2D eigenvalue weighted by Gasteiger charge is -2.28. The topological polar surface area (TPSA) is 96.5 Å². The van der Waals surface area contributed by atoms with E-state index in [0.717, 1.165) is 17.0 Å². The number of rotatable bonds is 5. The second-order valence-corrected chi connectivity index (χ2v) is 7.30.